The van der Waals surface area contributed by atoms with Crippen LogP contribution < -0.4 is 9.62 Å². The molecule has 0 bridgehead atoms. The van der Waals surface area contributed by atoms with E-state index in [1.54, 1.807) is 12.1 Å². The Hall–Kier alpha value is -3.72. The summed E-state index contributed by atoms with van der Waals surface area (Å²) in [6, 6.07) is 19.9. The third-order valence-corrected chi connectivity index (χ3v) is 8.09. The molecule has 0 radical (unpaired) electrons. The molecule has 3 rings (SSSR count). The van der Waals surface area contributed by atoms with Gasteiger partial charge in [-0.25, -0.2) is 12.8 Å². The van der Waals surface area contributed by atoms with Crippen molar-refractivity contribution in [3.05, 3.63) is 95.8 Å². The Morgan fingerprint density at radius 1 is 0.923 bits per heavy atom. The molecular formula is C30H36FN3O4S. The molecule has 2 amide bonds. The number of carbonyl (C=O) groups excluding carboxylic acids is 2. The van der Waals surface area contributed by atoms with Crippen LogP contribution in [0.5, 0.6) is 0 Å². The van der Waals surface area contributed by atoms with E-state index in [0.717, 1.165) is 27.6 Å². The Morgan fingerprint density at radius 3 is 2.10 bits per heavy atom. The molecule has 7 nitrogen and oxygen atoms in total. The maximum Gasteiger partial charge on any atom is 0.264 e. The maximum atomic E-state index is 13.9. The molecule has 208 valence electrons. The Morgan fingerprint density at radius 2 is 1.54 bits per heavy atom. The second-order valence-electron chi connectivity index (χ2n) is 9.71. The van der Waals surface area contributed by atoms with Gasteiger partial charge in [-0.3, -0.25) is 13.9 Å². The summed E-state index contributed by atoms with van der Waals surface area (Å²) in [4.78, 5) is 28.5. The van der Waals surface area contributed by atoms with Gasteiger partial charge in [-0.05, 0) is 75.6 Å². The van der Waals surface area contributed by atoms with Gasteiger partial charge in [0.05, 0.1) is 10.6 Å². The third kappa shape index (κ3) is 7.89. The highest BCUT2D eigenvalue weighted by atomic mass is 32.2. The van der Waals surface area contributed by atoms with Crippen molar-refractivity contribution >= 4 is 27.5 Å². The highest BCUT2D eigenvalue weighted by Gasteiger charge is 2.33. The van der Waals surface area contributed by atoms with Crippen LogP contribution in [0, 0.1) is 12.7 Å². The molecule has 39 heavy (non-hydrogen) atoms. The van der Waals surface area contributed by atoms with Gasteiger partial charge >= 0.3 is 0 Å². The predicted molar refractivity (Wildman–Crippen MR) is 151 cm³/mol. The van der Waals surface area contributed by atoms with Crippen LogP contribution in [0.25, 0.3) is 0 Å². The molecule has 3 aromatic rings. The Kier molecular flexibility index (Phi) is 10.2. The summed E-state index contributed by atoms with van der Waals surface area (Å²) in [5, 5.41) is 2.87. The average Bonchev–Trinajstić information content (AvgIpc) is 2.90. The Labute approximate surface area is 230 Å². The number of hydrogen-bond acceptors (Lipinski definition) is 4. The highest BCUT2D eigenvalue weighted by molar-refractivity contribution is 7.92. The molecule has 0 spiro atoms. The fourth-order valence-electron chi connectivity index (χ4n) is 4.25. The van der Waals surface area contributed by atoms with Crippen LogP contribution in [0.4, 0.5) is 10.1 Å². The van der Waals surface area contributed by atoms with Crippen LogP contribution in [0.2, 0.25) is 0 Å². The molecule has 0 aliphatic rings. The molecule has 0 saturated heterocycles. The van der Waals surface area contributed by atoms with E-state index in [0.29, 0.717) is 12.8 Å². The zero-order valence-electron chi connectivity index (χ0n) is 22.8. The Bertz CT molecular complexity index is 1350. The molecular weight excluding hydrogens is 517 g/mol. The number of carbonyl (C=O) groups is 2. The van der Waals surface area contributed by atoms with Gasteiger partial charge in [-0.2, -0.15) is 0 Å². The molecule has 0 heterocycles. The van der Waals surface area contributed by atoms with E-state index < -0.39 is 34.3 Å². The predicted octanol–water partition coefficient (Wildman–Crippen LogP) is 4.70. The first-order chi connectivity index (χ1) is 18.5. The van der Waals surface area contributed by atoms with Crippen molar-refractivity contribution in [2.75, 3.05) is 17.4 Å². The standard InChI is InChI=1S/C30H36FN3O4S/c1-5-28(30(36)32-22(2)3)33(20-19-24-9-7-6-8-10-24)29(35)21-34(26-15-13-25(31)14-16-26)39(37,38)27-17-11-23(4)12-18-27/h6-18,22,28H,5,19-21H2,1-4H3,(H,32,36)/t28-/m0/s1. The number of rotatable bonds is 12. The number of anilines is 1. The molecule has 0 unspecified atom stereocenters. The van der Waals surface area contributed by atoms with Crippen LogP contribution in [0.1, 0.15) is 38.3 Å². The number of hydrogen-bond donors (Lipinski definition) is 1. The van der Waals surface area contributed by atoms with Crippen molar-refractivity contribution in [2.45, 2.75) is 57.5 Å². The van der Waals surface area contributed by atoms with Crippen LogP contribution >= 0.6 is 0 Å². The quantitative estimate of drug-likeness (QED) is 0.352. The lowest BCUT2D eigenvalue weighted by Gasteiger charge is -2.33. The SMILES string of the molecule is CC[C@@H](C(=O)NC(C)C)N(CCc1ccccc1)C(=O)CN(c1ccc(F)cc1)S(=O)(=O)c1ccc(C)cc1. The number of sulfonamides is 1. The van der Waals surface area contributed by atoms with Crippen LogP contribution in [0.15, 0.2) is 83.8 Å². The maximum absolute atomic E-state index is 13.9. The Balaban J connectivity index is 2.00. The van der Waals surface area contributed by atoms with Crippen LogP contribution in [-0.2, 0) is 26.0 Å². The van der Waals surface area contributed by atoms with E-state index in [1.807, 2.05) is 58.0 Å². The van der Waals surface area contributed by atoms with E-state index >= 15 is 0 Å². The van der Waals surface area contributed by atoms with Gasteiger partial charge in [-0.1, -0.05) is 55.0 Å². The van der Waals surface area contributed by atoms with Gasteiger partial charge in [0, 0.05) is 12.6 Å². The lowest BCUT2D eigenvalue weighted by atomic mass is 10.1. The van der Waals surface area contributed by atoms with Crippen molar-refractivity contribution in [3.63, 3.8) is 0 Å². The smallest absolute Gasteiger partial charge is 0.264 e. The molecule has 0 fully saturated rings. The van der Waals surface area contributed by atoms with Gasteiger partial charge in [0.1, 0.15) is 18.4 Å². The number of aryl methyl sites for hydroxylation is 1. The first-order valence-electron chi connectivity index (χ1n) is 13.0. The number of nitrogens with one attached hydrogen (secondary N) is 1. The molecule has 0 saturated carbocycles. The molecule has 1 N–H and O–H groups in total. The monoisotopic (exact) mass is 553 g/mol. The minimum atomic E-state index is -4.19. The van der Waals surface area contributed by atoms with Crippen LogP contribution in [0.3, 0.4) is 0 Å². The average molecular weight is 554 g/mol. The fraction of sp³-hybridized carbons (Fsp3) is 0.333. The second-order valence-corrected chi connectivity index (χ2v) is 11.6. The van der Waals surface area contributed by atoms with E-state index in [4.69, 9.17) is 0 Å². The lowest BCUT2D eigenvalue weighted by Crippen LogP contribution is -2.54. The van der Waals surface area contributed by atoms with Crippen LogP contribution in [-0.4, -0.2) is 50.3 Å². The fourth-order valence-corrected chi connectivity index (χ4v) is 5.66. The largest absolute Gasteiger partial charge is 0.352 e. The summed E-state index contributed by atoms with van der Waals surface area (Å²) >= 11 is 0. The topological polar surface area (TPSA) is 86.8 Å². The normalized spacial score (nSPS) is 12.2. The van der Waals surface area contributed by atoms with Gasteiger partial charge in [0.15, 0.2) is 0 Å². The molecule has 1 atom stereocenters. The zero-order chi connectivity index (χ0) is 28.6. The van der Waals surface area contributed by atoms with Gasteiger partial charge in [0.2, 0.25) is 11.8 Å². The summed E-state index contributed by atoms with van der Waals surface area (Å²) in [6.45, 7) is 7.00. The van der Waals surface area contributed by atoms with Gasteiger partial charge in [-0.15, -0.1) is 0 Å². The van der Waals surface area contributed by atoms with Crippen molar-refractivity contribution in [1.29, 1.82) is 0 Å². The molecule has 3 aromatic carbocycles. The summed E-state index contributed by atoms with van der Waals surface area (Å²) < 4.78 is 42.2. The van der Waals surface area contributed by atoms with E-state index in [-0.39, 0.29) is 29.1 Å². The van der Waals surface area contributed by atoms with E-state index in [2.05, 4.69) is 5.32 Å². The van der Waals surface area contributed by atoms with Crippen molar-refractivity contribution in [2.24, 2.45) is 0 Å². The second kappa shape index (κ2) is 13.4. The van der Waals surface area contributed by atoms with Crippen molar-refractivity contribution < 1.29 is 22.4 Å². The third-order valence-electron chi connectivity index (χ3n) is 6.30. The number of benzene rings is 3. The summed E-state index contributed by atoms with van der Waals surface area (Å²) in [5.74, 6) is -1.36. The first-order valence-corrected chi connectivity index (χ1v) is 14.5. The highest BCUT2D eigenvalue weighted by Crippen LogP contribution is 2.25. The molecule has 0 aromatic heterocycles. The van der Waals surface area contributed by atoms with Crippen molar-refractivity contribution in [1.82, 2.24) is 10.2 Å². The lowest BCUT2D eigenvalue weighted by molar-refractivity contribution is -0.139. The molecule has 9 heteroatoms. The van der Waals surface area contributed by atoms with Gasteiger partial charge < -0.3 is 10.2 Å². The number of nitrogens with zero attached hydrogens (tertiary/aromatic N) is 2. The van der Waals surface area contributed by atoms with Gasteiger partial charge in [0.25, 0.3) is 10.0 Å². The molecule has 0 aliphatic heterocycles. The number of halogens is 1. The summed E-state index contributed by atoms with van der Waals surface area (Å²) in [7, 11) is -4.19. The summed E-state index contributed by atoms with van der Waals surface area (Å²) in [6.07, 6.45) is 0.833. The summed E-state index contributed by atoms with van der Waals surface area (Å²) in [5.41, 5.74) is 2.01. The van der Waals surface area contributed by atoms with E-state index in [9.17, 15) is 22.4 Å². The zero-order valence-corrected chi connectivity index (χ0v) is 23.6. The van der Waals surface area contributed by atoms with Crippen molar-refractivity contribution in [3.8, 4) is 0 Å². The minimum absolute atomic E-state index is 0.00523. The van der Waals surface area contributed by atoms with E-state index in [1.165, 1.54) is 29.2 Å². The molecule has 0 aliphatic carbocycles. The first kappa shape index (κ1) is 29.8. The number of amides is 2. The minimum Gasteiger partial charge on any atom is -0.352 e.